The highest BCUT2D eigenvalue weighted by atomic mass is 19.2. The number of rotatable bonds is 2. The lowest BCUT2D eigenvalue weighted by atomic mass is 10.1. The van der Waals surface area contributed by atoms with Crippen molar-refractivity contribution >= 4 is 5.97 Å². The second-order valence-electron chi connectivity index (χ2n) is 3.49. The summed E-state index contributed by atoms with van der Waals surface area (Å²) < 4.78 is 31.1. The lowest BCUT2D eigenvalue weighted by molar-refractivity contribution is 0.0652. The summed E-state index contributed by atoms with van der Waals surface area (Å²) in [6.07, 6.45) is 0. The van der Waals surface area contributed by atoms with Gasteiger partial charge in [-0.1, -0.05) is 5.16 Å². The number of carboxylic acid groups (broad SMARTS) is 1. The Hall–Kier alpha value is -2.24. The Morgan fingerprint density at radius 1 is 1.35 bits per heavy atom. The summed E-state index contributed by atoms with van der Waals surface area (Å²) in [5, 5.41) is 12.0. The maximum atomic E-state index is 13.5. The van der Waals surface area contributed by atoms with Gasteiger partial charge in [0.15, 0.2) is 11.6 Å². The molecule has 4 nitrogen and oxygen atoms in total. The van der Waals surface area contributed by atoms with Gasteiger partial charge in [0.1, 0.15) is 5.69 Å². The van der Waals surface area contributed by atoms with Gasteiger partial charge in [-0.2, -0.15) is 0 Å². The van der Waals surface area contributed by atoms with E-state index in [2.05, 4.69) is 9.68 Å². The molecule has 0 bridgehead atoms. The number of halogens is 2. The van der Waals surface area contributed by atoms with Crippen LogP contribution in [0.2, 0.25) is 0 Å². The summed E-state index contributed by atoms with van der Waals surface area (Å²) >= 11 is 0. The van der Waals surface area contributed by atoms with Crippen LogP contribution in [0, 0.1) is 18.6 Å². The molecule has 0 aliphatic rings. The van der Waals surface area contributed by atoms with Crippen LogP contribution in [0.5, 0.6) is 0 Å². The standard InChI is InChI=1S/C11H7F2NO3/c1-5-2-6(10(13)7(12)3-5)8-4-9(11(15)16)17-14-8/h2-4H,1H3,(H,15,16). The van der Waals surface area contributed by atoms with Gasteiger partial charge in [-0.05, 0) is 24.6 Å². The molecule has 0 saturated carbocycles. The Kier molecular flexibility index (Phi) is 2.63. The van der Waals surface area contributed by atoms with Crippen LogP contribution in [0.3, 0.4) is 0 Å². The highest BCUT2D eigenvalue weighted by molar-refractivity contribution is 5.85. The van der Waals surface area contributed by atoms with E-state index >= 15 is 0 Å². The second kappa shape index (κ2) is 3.97. The predicted octanol–water partition coefficient (Wildman–Crippen LogP) is 2.63. The van der Waals surface area contributed by atoms with Crippen molar-refractivity contribution in [3.8, 4) is 11.3 Å². The summed E-state index contributed by atoms with van der Waals surface area (Å²) in [5.41, 5.74) is 0.319. The third-order valence-corrected chi connectivity index (χ3v) is 2.17. The molecule has 1 N–H and O–H groups in total. The average Bonchev–Trinajstić information content (AvgIpc) is 2.72. The number of nitrogens with zero attached hydrogens (tertiary/aromatic N) is 1. The molecule has 2 rings (SSSR count). The molecule has 0 saturated heterocycles. The number of aromatic nitrogens is 1. The molecule has 1 aromatic heterocycles. The third-order valence-electron chi connectivity index (χ3n) is 2.17. The van der Waals surface area contributed by atoms with Gasteiger partial charge in [-0.25, -0.2) is 13.6 Å². The topological polar surface area (TPSA) is 63.3 Å². The first kappa shape index (κ1) is 11.3. The fourth-order valence-corrected chi connectivity index (χ4v) is 1.41. The normalized spacial score (nSPS) is 10.5. The van der Waals surface area contributed by atoms with Crippen LogP contribution < -0.4 is 0 Å². The maximum absolute atomic E-state index is 13.5. The summed E-state index contributed by atoms with van der Waals surface area (Å²) in [5.74, 6) is -3.85. The SMILES string of the molecule is Cc1cc(F)c(F)c(-c2cc(C(=O)O)on2)c1. The van der Waals surface area contributed by atoms with Crippen molar-refractivity contribution in [1.82, 2.24) is 5.16 Å². The van der Waals surface area contributed by atoms with Crippen molar-refractivity contribution in [3.05, 3.63) is 41.2 Å². The Bertz CT molecular complexity index is 592. The van der Waals surface area contributed by atoms with Gasteiger partial charge in [0.05, 0.1) is 0 Å². The largest absolute Gasteiger partial charge is 0.475 e. The minimum Gasteiger partial charge on any atom is -0.475 e. The van der Waals surface area contributed by atoms with Crippen molar-refractivity contribution in [2.45, 2.75) is 6.92 Å². The number of aryl methyl sites for hydroxylation is 1. The van der Waals surface area contributed by atoms with E-state index < -0.39 is 23.4 Å². The predicted molar refractivity (Wildman–Crippen MR) is 53.6 cm³/mol. The van der Waals surface area contributed by atoms with Crippen molar-refractivity contribution in [1.29, 1.82) is 0 Å². The average molecular weight is 239 g/mol. The minimum absolute atomic E-state index is 0.0532. The molecule has 0 spiro atoms. The van der Waals surface area contributed by atoms with Gasteiger partial charge in [0.2, 0.25) is 5.76 Å². The number of carbonyl (C=O) groups is 1. The molecular formula is C11H7F2NO3. The molecule has 88 valence electrons. The van der Waals surface area contributed by atoms with Gasteiger partial charge in [0, 0.05) is 11.6 Å². The van der Waals surface area contributed by atoms with Crippen molar-refractivity contribution in [2.24, 2.45) is 0 Å². The lowest BCUT2D eigenvalue weighted by Gasteiger charge is -2.01. The highest BCUT2D eigenvalue weighted by Crippen LogP contribution is 2.25. The molecule has 6 heteroatoms. The van der Waals surface area contributed by atoms with Crippen molar-refractivity contribution in [2.75, 3.05) is 0 Å². The Morgan fingerprint density at radius 3 is 2.65 bits per heavy atom. The molecule has 0 amide bonds. The fraction of sp³-hybridized carbons (Fsp3) is 0.0909. The van der Waals surface area contributed by atoms with E-state index in [0.717, 1.165) is 12.1 Å². The van der Waals surface area contributed by atoms with Crippen LogP contribution in [0.25, 0.3) is 11.3 Å². The first-order valence-electron chi connectivity index (χ1n) is 4.65. The quantitative estimate of drug-likeness (QED) is 0.874. The van der Waals surface area contributed by atoms with Crippen LogP contribution >= 0.6 is 0 Å². The number of benzene rings is 1. The molecule has 2 aromatic rings. The van der Waals surface area contributed by atoms with Crippen LogP contribution in [0.15, 0.2) is 22.7 Å². The molecule has 0 unspecified atom stereocenters. The minimum atomic E-state index is -1.32. The summed E-state index contributed by atoms with van der Waals surface area (Å²) in [7, 11) is 0. The summed E-state index contributed by atoms with van der Waals surface area (Å²) in [4.78, 5) is 10.6. The lowest BCUT2D eigenvalue weighted by Crippen LogP contribution is -1.93. The summed E-state index contributed by atoms with van der Waals surface area (Å²) in [6, 6.07) is 3.44. The van der Waals surface area contributed by atoms with Gasteiger partial charge in [-0.3, -0.25) is 0 Å². The second-order valence-corrected chi connectivity index (χ2v) is 3.49. The highest BCUT2D eigenvalue weighted by Gasteiger charge is 2.17. The van der Waals surface area contributed by atoms with E-state index in [1.165, 1.54) is 6.07 Å². The van der Waals surface area contributed by atoms with Gasteiger partial charge < -0.3 is 9.63 Å². The van der Waals surface area contributed by atoms with Crippen molar-refractivity contribution < 1.29 is 23.2 Å². The first-order valence-corrected chi connectivity index (χ1v) is 4.65. The smallest absolute Gasteiger partial charge is 0.374 e. The van der Waals surface area contributed by atoms with Crippen LogP contribution in [-0.2, 0) is 0 Å². The van der Waals surface area contributed by atoms with Gasteiger partial charge in [-0.15, -0.1) is 0 Å². The van der Waals surface area contributed by atoms with E-state index in [1.807, 2.05) is 0 Å². The molecule has 17 heavy (non-hydrogen) atoms. The number of aromatic carboxylic acids is 1. The molecular weight excluding hydrogens is 232 g/mol. The fourth-order valence-electron chi connectivity index (χ4n) is 1.41. The van der Waals surface area contributed by atoms with Crippen LogP contribution in [0.4, 0.5) is 8.78 Å². The Morgan fingerprint density at radius 2 is 2.06 bits per heavy atom. The zero-order valence-corrected chi connectivity index (χ0v) is 8.70. The number of hydrogen-bond donors (Lipinski definition) is 1. The van der Waals surface area contributed by atoms with Gasteiger partial charge in [0.25, 0.3) is 0 Å². The molecule has 0 fully saturated rings. The van der Waals surface area contributed by atoms with Crippen molar-refractivity contribution in [3.63, 3.8) is 0 Å². The molecule has 1 heterocycles. The molecule has 1 aromatic carbocycles. The zero-order valence-electron chi connectivity index (χ0n) is 8.70. The molecule has 0 aliphatic heterocycles. The molecule has 0 aliphatic carbocycles. The van der Waals surface area contributed by atoms with Crippen LogP contribution in [0.1, 0.15) is 16.1 Å². The monoisotopic (exact) mass is 239 g/mol. The van der Waals surface area contributed by atoms with E-state index in [0.29, 0.717) is 5.56 Å². The number of carboxylic acids is 1. The number of hydrogen-bond acceptors (Lipinski definition) is 3. The maximum Gasteiger partial charge on any atom is 0.374 e. The zero-order chi connectivity index (χ0) is 12.6. The Labute approximate surface area is 94.5 Å². The van der Waals surface area contributed by atoms with Crippen LogP contribution in [-0.4, -0.2) is 16.2 Å². The molecule has 0 radical (unpaired) electrons. The van der Waals surface area contributed by atoms with E-state index in [4.69, 9.17) is 5.11 Å². The van der Waals surface area contributed by atoms with E-state index in [-0.39, 0.29) is 11.3 Å². The van der Waals surface area contributed by atoms with E-state index in [9.17, 15) is 13.6 Å². The molecule has 0 atom stereocenters. The first-order chi connectivity index (χ1) is 7.99. The Balaban J connectivity index is 2.56. The third kappa shape index (κ3) is 2.01. The van der Waals surface area contributed by atoms with E-state index in [1.54, 1.807) is 6.92 Å². The summed E-state index contributed by atoms with van der Waals surface area (Å²) in [6.45, 7) is 1.59. The van der Waals surface area contributed by atoms with Gasteiger partial charge >= 0.3 is 5.97 Å².